The molecule has 0 fully saturated rings. The molecular formula is C37H31N3O3. The third-order valence-corrected chi connectivity index (χ3v) is 8.99. The molecule has 1 N–H and O–H groups in total. The van der Waals surface area contributed by atoms with Gasteiger partial charge in [-0.3, -0.25) is 0 Å². The van der Waals surface area contributed by atoms with Crippen LogP contribution in [0.25, 0.3) is 27.9 Å². The Morgan fingerprint density at radius 3 is 2.63 bits per heavy atom. The standard InChI is InChI=1S/C37H31N3O3/c1-2-23-17-18-33-31(20-23)28-13-8-15-30(35(28)40(33)22-25-10-6-9-24(19-25)21-38)37(42)43-36(41)29-14-7-12-27-26-11-4-3-5-16-32(26)39-34(27)29/h3-10,12-16,19,23,39H,2,11,17-18,20,22H2,1H3. The molecule has 6 heteroatoms. The van der Waals surface area contributed by atoms with Crippen molar-refractivity contribution in [3.63, 3.8) is 0 Å². The van der Waals surface area contributed by atoms with Crippen LogP contribution in [0, 0.1) is 17.2 Å². The zero-order chi connectivity index (χ0) is 29.5. The van der Waals surface area contributed by atoms with Crippen LogP contribution in [0.15, 0.2) is 78.9 Å². The van der Waals surface area contributed by atoms with Crippen LogP contribution in [0.3, 0.4) is 0 Å². The van der Waals surface area contributed by atoms with Crippen LogP contribution in [-0.4, -0.2) is 21.5 Å². The first-order valence-corrected chi connectivity index (χ1v) is 14.9. The lowest BCUT2D eigenvalue weighted by Crippen LogP contribution is -2.17. The van der Waals surface area contributed by atoms with Gasteiger partial charge < -0.3 is 14.3 Å². The third kappa shape index (κ3) is 4.67. The summed E-state index contributed by atoms with van der Waals surface area (Å²) in [5.41, 5.74) is 8.28. The van der Waals surface area contributed by atoms with Crippen molar-refractivity contribution in [2.45, 2.75) is 45.6 Å². The first-order valence-electron chi connectivity index (χ1n) is 14.9. The number of H-pyrrole nitrogens is 1. The number of nitrogens with one attached hydrogen (secondary N) is 1. The molecule has 0 radical (unpaired) electrons. The molecule has 7 rings (SSSR count). The average Bonchev–Trinajstić information content (AvgIpc) is 3.44. The molecule has 6 nitrogen and oxygen atoms in total. The Morgan fingerprint density at radius 1 is 1.00 bits per heavy atom. The minimum atomic E-state index is -0.681. The Hall–Kier alpha value is -5.15. The number of nitrogens with zero attached hydrogens (tertiary/aromatic N) is 2. The highest BCUT2D eigenvalue weighted by atomic mass is 16.6. The average molecular weight is 566 g/mol. The number of fused-ring (bicyclic) bond motifs is 6. The van der Waals surface area contributed by atoms with Gasteiger partial charge in [0, 0.05) is 28.7 Å². The number of hydrogen-bond donors (Lipinski definition) is 1. The molecule has 1 unspecified atom stereocenters. The molecule has 1 atom stereocenters. The van der Waals surface area contributed by atoms with Gasteiger partial charge >= 0.3 is 11.9 Å². The Bertz CT molecular complexity index is 2030. The number of esters is 2. The molecule has 43 heavy (non-hydrogen) atoms. The van der Waals surface area contributed by atoms with Gasteiger partial charge in [0.2, 0.25) is 0 Å². The van der Waals surface area contributed by atoms with Crippen LogP contribution in [0.5, 0.6) is 0 Å². The number of carbonyl (C=O) groups excluding carboxylic acids is 2. The highest BCUT2D eigenvalue weighted by Gasteiger charge is 2.29. The Kier molecular flexibility index (Phi) is 6.79. The van der Waals surface area contributed by atoms with Crippen molar-refractivity contribution in [1.29, 1.82) is 5.26 Å². The summed E-state index contributed by atoms with van der Waals surface area (Å²) in [7, 11) is 0. The molecule has 0 spiro atoms. The monoisotopic (exact) mass is 565 g/mol. The fourth-order valence-electron chi connectivity index (χ4n) is 6.82. The topological polar surface area (TPSA) is 87.9 Å². The molecule has 2 heterocycles. The summed E-state index contributed by atoms with van der Waals surface area (Å²) >= 11 is 0. The largest absolute Gasteiger partial charge is 0.386 e. The number of hydrogen-bond acceptors (Lipinski definition) is 4. The molecule has 2 aliphatic rings. The zero-order valence-corrected chi connectivity index (χ0v) is 24.0. The fraction of sp³-hybridized carbons (Fsp3) is 0.216. The van der Waals surface area contributed by atoms with Gasteiger partial charge in [-0.2, -0.15) is 5.26 Å². The van der Waals surface area contributed by atoms with Gasteiger partial charge in [-0.05, 0) is 78.6 Å². The maximum absolute atomic E-state index is 13.8. The Morgan fingerprint density at radius 2 is 1.79 bits per heavy atom. The number of allylic oxidation sites excluding steroid dienone is 3. The van der Waals surface area contributed by atoms with E-state index < -0.39 is 11.9 Å². The molecule has 2 aliphatic carbocycles. The lowest BCUT2D eigenvalue weighted by atomic mass is 9.85. The van der Waals surface area contributed by atoms with E-state index in [1.54, 1.807) is 18.2 Å². The molecular weight excluding hydrogens is 534 g/mol. The van der Waals surface area contributed by atoms with Gasteiger partial charge in [-0.15, -0.1) is 0 Å². The van der Waals surface area contributed by atoms with Crippen molar-refractivity contribution < 1.29 is 14.3 Å². The summed E-state index contributed by atoms with van der Waals surface area (Å²) in [5, 5.41) is 11.4. The second-order valence-corrected chi connectivity index (χ2v) is 11.5. The summed E-state index contributed by atoms with van der Waals surface area (Å²) in [6, 6.07) is 21.0. The van der Waals surface area contributed by atoms with Gasteiger partial charge in [0.25, 0.3) is 0 Å². The van der Waals surface area contributed by atoms with Crippen molar-refractivity contribution in [3.05, 3.63) is 124 Å². The predicted octanol–water partition coefficient (Wildman–Crippen LogP) is 7.68. The Balaban J connectivity index is 1.29. The summed E-state index contributed by atoms with van der Waals surface area (Å²) in [6.45, 7) is 2.75. The molecule has 0 saturated carbocycles. The highest BCUT2D eigenvalue weighted by Crippen LogP contribution is 2.38. The van der Waals surface area contributed by atoms with Gasteiger partial charge in [-0.1, -0.05) is 68.0 Å². The zero-order valence-electron chi connectivity index (χ0n) is 24.0. The van der Waals surface area contributed by atoms with Crippen LogP contribution in [0.4, 0.5) is 0 Å². The van der Waals surface area contributed by atoms with Crippen LogP contribution in [0.1, 0.15) is 74.1 Å². The number of aromatic nitrogens is 2. The van der Waals surface area contributed by atoms with Crippen molar-refractivity contribution in [2.24, 2.45) is 5.92 Å². The third-order valence-electron chi connectivity index (χ3n) is 8.99. The van der Waals surface area contributed by atoms with Gasteiger partial charge in [0.1, 0.15) is 0 Å². The lowest BCUT2D eigenvalue weighted by molar-refractivity contribution is 0.0400. The molecule has 2 aromatic heterocycles. The number of benzene rings is 3. The van der Waals surface area contributed by atoms with E-state index in [0.29, 0.717) is 34.7 Å². The van der Waals surface area contributed by atoms with Gasteiger partial charge in [0.15, 0.2) is 0 Å². The maximum Gasteiger partial charge on any atom is 0.348 e. The van der Waals surface area contributed by atoms with E-state index in [2.05, 4.69) is 34.7 Å². The van der Waals surface area contributed by atoms with E-state index >= 15 is 0 Å². The molecule has 5 aromatic rings. The SMILES string of the molecule is CCC1CCc2c(c3cccc(C(=O)OC(=O)c4cccc5c6c([nH]c45)C=CC=CC6)c3n2Cc2cccc(C#N)c2)C1. The van der Waals surface area contributed by atoms with E-state index in [0.717, 1.165) is 65.2 Å². The summed E-state index contributed by atoms with van der Waals surface area (Å²) < 4.78 is 7.83. The first-order chi connectivity index (χ1) is 21.1. The minimum Gasteiger partial charge on any atom is -0.386 e. The first kappa shape index (κ1) is 26.7. The molecule has 0 bridgehead atoms. The van der Waals surface area contributed by atoms with E-state index in [1.807, 2.05) is 54.6 Å². The van der Waals surface area contributed by atoms with Gasteiger partial charge in [0.05, 0.1) is 33.8 Å². The van der Waals surface area contributed by atoms with E-state index in [1.165, 1.54) is 11.3 Å². The van der Waals surface area contributed by atoms with Crippen molar-refractivity contribution >= 4 is 39.8 Å². The quantitative estimate of drug-likeness (QED) is 0.175. The smallest absolute Gasteiger partial charge is 0.348 e. The number of rotatable bonds is 5. The van der Waals surface area contributed by atoms with Crippen molar-refractivity contribution in [3.8, 4) is 6.07 Å². The van der Waals surface area contributed by atoms with E-state index in [9.17, 15) is 14.9 Å². The highest BCUT2D eigenvalue weighted by molar-refractivity contribution is 6.13. The van der Waals surface area contributed by atoms with Crippen LogP contribution < -0.4 is 0 Å². The Labute approximate surface area is 249 Å². The predicted molar refractivity (Wildman–Crippen MR) is 168 cm³/mol. The second-order valence-electron chi connectivity index (χ2n) is 11.5. The minimum absolute atomic E-state index is 0.331. The van der Waals surface area contributed by atoms with E-state index in [-0.39, 0.29) is 0 Å². The molecule has 0 aliphatic heterocycles. The molecule has 0 saturated heterocycles. The normalized spacial score (nSPS) is 15.6. The number of nitriles is 1. The fourth-order valence-corrected chi connectivity index (χ4v) is 6.82. The molecule has 3 aromatic carbocycles. The van der Waals surface area contributed by atoms with Crippen LogP contribution in [-0.2, 0) is 30.5 Å². The van der Waals surface area contributed by atoms with Crippen molar-refractivity contribution in [1.82, 2.24) is 9.55 Å². The molecule has 212 valence electrons. The maximum atomic E-state index is 13.8. The lowest BCUT2D eigenvalue weighted by Gasteiger charge is -2.23. The number of ether oxygens (including phenoxy) is 1. The van der Waals surface area contributed by atoms with Crippen LogP contribution in [0.2, 0.25) is 0 Å². The summed E-state index contributed by atoms with van der Waals surface area (Å²) in [5.74, 6) is -0.760. The van der Waals surface area contributed by atoms with Crippen molar-refractivity contribution in [2.75, 3.05) is 0 Å². The number of carbonyl (C=O) groups is 2. The summed E-state index contributed by atoms with van der Waals surface area (Å²) in [4.78, 5) is 30.7. The van der Waals surface area contributed by atoms with Crippen LogP contribution >= 0.6 is 0 Å². The second kappa shape index (κ2) is 10.9. The van der Waals surface area contributed by atoms with Gasteiger partial charge in [-0.25, -0.2) is 9.59 Å². The molecule has 0 amide bonds. The number of para-hydroxylation sites is 2. The number of aromatic amines is 1. The van der Waals surface area contributed by atoms with E-state index in [4.69, 9.17) is 4.74 Å². The summed E-state index contributed by atoms with van der Waals surface area (Å²) in [6.07, 6.45) is 12.9.